The summed E-state index contributed by atoms with van der Waals surface area (Å²) in [5.74, 6) is 0. The van der Waals surface area contributed by atoms with Gasteiger partial charge in [0.2, 0.25) is 0 Å². The van der Waals surface area contributed by atoms with Gasteiger partial charge in [-0.05, 0) is 25.1 Å². The minimum absolute atomic E-state index is 0.634. The molecule has 11 heavy (non-hydrogen) atoms. The second kappa shape index (κ2) is 2.09. The highest BCUT2D eigenvalue weighted by Gasteiger charge is 1.97. The predicted octanol–water partition coefficient (Wildman–Crippen LogP) is 2.68. The molecule has 0 saturated heterocycles. The molecule has 0 aliphatic rings. The van der Waals surface area contributed by atoms with Crippen molar-refractivity contribution in [3.63, 3.8) is 0 Å². The molecule has 0 amide bonds. The van der Waals surface area contributed by atoms with Gasteiger partial charge in [0.25, 0.3) is 0 Å². The first-order valence-electron chi connectivity index (χ1n) is 3.51. The number of aromatic nitrogens is 1. The van der Waals surface area contributed by atoms with Crippen LogP contribution in [0.1, 0.15) is 5.56 Å². The molecule has 1 aromatic carbocycles. The third-order valence-corrected chi connectivity index (χ3v) is 1.80. The van der Waals surface area contributed by atoms with Crippen molar-refractivity contribution in [1.82, 2.24) is 4.79 Å². The molecule has 2 rings (SSSR count). The van der Waals surface area contributed by atoms with Crippen LogP contribution in [0.3, 0.4) is 0 Å². The maximum atomic E-state index is 12.8. The molecule has 0 saturated carbocycles. The number of hydrogen-bond donors (Lipinski definition) is 0. The molecule has 0 fully saturated rings. The standard InChI is InChI=1S/C9H8FN/c1-7-2-3-9-8(6-7)4-5-11(9)10/h2-6H,1H3. The Bertz CT molecular complexity index is 389. The van der Waals surface area contributed by atoms with Gasteiger partial charge in [-0.25, -0.2) is 0 Å². The number of nitrogens with zero attached hydrogens (tertiary/aromatic N) is 1. The zero-order valence-electron chi connectivity index (χ0n) is 6.21. The Morgan fingerprint density at radius 3 is 2.91 bits per heavy atom. The van der Waals surface area contributed by atoms with E-state index < -0.39 is 0 Å². The first-order valence-corrected chi connectivity index (χ1v) is 3.51. The fourth-order valence-electron chi connectivity index (χ4n) is 1.23. The number of halogens is 1. The Balaban J connectivity index is 2.86. The molecule has 0 spiro atoms. The average Bonchev–Trinajstić information content (AvgIpc) is 2.32. The van der Waals surface area contributed by atoms with Crippen molar-refractivity contribution < 1.29 is 4.48 Å². The summed E-state index contributed by atoms with van der Waals surface area (Å²) in [6.07, 6.45) is 1.42. The molecule has 2 aromatic rings. The van der Waals surface area contributed by atoms with Crippen molar-refractivity contribution in [2.45, 2.75) is 6.92 Å². The van der Waals surface area contributed by atoms with E-state index >= 15 is 0 Å². The highest BCUT2D eigenvalue weighted by Crippen LogP contribution is 2.16. The van der Waals surface area contributed by atoms with Crippen LogP contribution in [0.15, 0.2) is 30.5 Å². The van der Waals surface area contributed by atoms with E-state index in [9.17, 15) is 4.48 Å². The van der Waals surface area contributed by atoms with Crippen LogP contribution in [0.4, 0.5) is 4.48 Å². The molecule has 0 atom stereocenters. The zero-order chi connectivity index (χ0) is 7.84. The second-order valence-corrected chi connectivity index (χ2v) is 2.69. The molecule has 1 aromatic heterocycles. The van der Waals surface area contributed by atoms with Crippen LogP contribution in [0.2, 0.25) is 0 Å². The second-order valence-electron chi connectivity index (χ2n) is 2.69. The molecular weight excluding hydrogens is 141 g/mol. The van der Waals surface area contributed by atoms with Crippen LogP contribution < -0.4 is 0 Å². The van der Waals surface area contributed by atoms with Crippen molar-refractivity contribution in [1.29, 1.82) is 0 Å². The molecule has 56 valence electrons. The van der Waals surface area contributed by atoms with Crippen LogP contribution in [0.5, 0.6) is 0 Å². The molecule has 0 bridgehead atoms. The van der Waals surface area contributed by atoms with Crippen molar-refractivity contribution >= 4 is 10.9 Å². The lowest BCUT2D eigenvalue weighted by Gasteiger charge is -1.92. The van der Waals surface area contributed by atoms with Gasteiger partial charge in [-0.15, -0.1) is 0 Å². The normalized spacial score (nSPS) is 10.7. The Labute approximate surface area is 64.0 Å². The average molecular weight is 149 g/mol. The van der Waals surface area contributed by atoms with E-state index in [4.69, 9.17) is 0 Å². The highest BCUT2D eigenvalue weighted by atomic mass is 19.2. The summed E-state index contributed by atoms with van der Waals surface area (Å²) in [4.78, 5) is 0.634. The summed E-state index contributed by atoms with van der Waals surface area (Å²) in [7, 11) is 0. The fourth-order valence-corrected chi connectivity index (χ4v) is 1.23. The van der Waals surface area contributed by atoms with E-state index in [1.165, 1.54) is 6.20 Å². The number of rotatable bonds is 0. The number of hydrogen-bond acceptors (Lipinski definition) is 0. The Hall–Kier alpha value is -1.31. The van der Waals surface area contributed by atoms with Crippen molar-refractivity contribution in [3.8, 4) is 0 Å². The molecule has 0 unspecified atom stereocenters. The van der Waals surface area contributed by atoms with Gasteiger partial charge >= 0.3 is 0 Å². The molecule has 0 radical (unpaired) electrons. The molecule has 0 aliphatic heterocycles. The molecule has 1 nitrogen and oxygen atoms in total. The van der Waals surface area contributed by atoms with Crippen LogP contribution >= 0.6 is 0 Å². The Morgan fingerprint density at radius 2 is 2.09 bits per heavy atom. The van der Waals surface area contributed by atoms with E-state index in [1.54, 1.807) is 12.1 Å². The molecule has 1 heterocycles. The van der Waals surface area contributed by atoms with E-state index in [0.717, 1.165) is 10.9 Å². The number of benzene rings is 1. The quantitative estimate of drug-likeness (QED) is 0.542. The van der Waals surface area contributed by atoms with Gasteiger partial charge in [0.15, 0.2) is 0 Å². The zero-order valence-corrected chi connectivity index (χ0v) is 6.21. The lowest BCUT2D eigenvalue weighted by Crippen LogP contribution is -1.77. The third kappa shape index (κ3) is 0.909. The van der Waals surface area contributed by atoms with Crippen LogP contribution in [0, 0.1) is 6.92 Å². The summed E-state index contributed by atoms with van der Waals surface area (Å²) in [6, 6.07) is 7.41. The fraction of sp³-hybridized carbons (Fsp3) is 0.111. The lowest BCUT2D eigenvalue weighted by molar-refractivity contribution is 0.388. The summed E-state index contributed by atoms with van der Waals surface area (Å²) < 4.78 is 12.8. The predicted molar refractivity (Wildman–Crippen MR) is 43.2 cm³/mol. The van der Waals surface area contributed by atoms with Crippen molar-refractivity contribution in [2.24, 2.45) is 0 Å². The van der Waals surface area contributed by atoms with Crippen molar-refractivity contribution in [2.75, 3.05) is 0 Å². The first-order chi connectivity index (χ1) is 5.27. The summed E-state index contributed by atoms with van der Waals surface area (Å²) >= 11 is 0. The number of aryl methyl sites for hydroxylation is 1. The van der Waals surface area contributed by atoms with E-state index in [-0.39, 0.29) is 0 Å². The lowest BCUT2D eigenvalue weighted by atomic mass is 10.2. The van der Waals surface area contributed by atoms with Crippen LogP contribution in [-0.4, -0.2) is 4.79 Å². The summed E-state index contributed by atoms with van der Waals surface area (Å²) in [5.41, 5.74) is 1.79. The van der Waals surface area contributed by atoms with Gasteiger partial charge in [0.05, 0.1) is 5.52 Å². The minimum Gasteiger partial charge on any atom is -0.186 e. The van der Waals surface area contributed by atoms with E-state index in [0.29, 0.717) is 10.3 Å². The Morgan fingerprint density at radius 1 is 1.27 bits per heavy atom. The first kappa shape index (κ1) is 6.40. The summed E-state index contributed by atoms with van der Waals surface area (Å²) in [5, 5.41) is 0.951. The van der Waals surface area contributed by atoms with Crippen LogP contribution in [0.25, 0.3) is 10.9 Å². The molecule has 0 aliphatic carbocycles. The molecular formula is C9H8FN. The van der Waals surface area contributed by atoms with Gasteiger partial charge < -0.3 is 0 Å². The van der Waals surface area contributed by atoms with Gasteiger partial charge in [-0.3, -0.25) is 0 Å². The van der Waals surface area contributed by atoms with Gasteiger partial charge in [-0.2, -0.15) is 4.79 Å². The molecule has 2 heteroatoms. The van der Waals surface area contributed by atoms with Crippen LogP contribution in [-0.2, 0) is 0 Å². The monoisotopic (exact) mass is 149 g/mol. The van der Waals surface area contributed by atoms with Crippen molar-refractivity contribution in [3.05, 3.63) is 36.0 Å². The van der Waals surface area contributed by atoms with E-state index in [1.807, 2.05) is 19.1 Å². The van der Waals surface area contributed by atoms with Gasteiger partial charge in [0, 0.05) is 11.6 Å². The van der Waals surface area contributed by atoms with Gasteiger partial charge in [0.1, 0.15) is 0 Å². The minimum atomic E-state index is 0.634. The maximum Gasteiger partial charge on any atom is 0.0812 e. The largest absolute Gasteiger partial charge is 0.186 e. The van der Waals surface area contributed by atoms with Gasteiger partial charge in [-0.1, -0.05) is 16.1 Å². The number of fused-ring (bicyclic) bond motifs is 1. The summed E-state index contributed by atoms with van der Waals surface area (Å²) in [6.45, 7) is 2.00. The maximum absolute atomic E-state index is 12.8. The molecule has 0 N–H and O–H groups in total. The SMILES string of the molecule is Cc1ccc2c(ccn2F)c1. The third-order valence-electron chi connectivity index (χ3n) is 1.80. The van der Waals surface area contributed by atoms with E-state index in [2.05, 4.69) is 0 Å². The Kier molecular flexibility index (Phi) is 1.22. The smallest absolute Gasteiger partial charge is 0.0812 e. The highest BCUT2D eigenvalue weighted by molar-refractivity contribution is 5.80. The topological polar surface area (TPSA) is 4.93 Å².